The van der Waals surface area contributed by atoms with Crippen molar-refractivity contribution in [2.75, 3.05) is 24.5 Å². The van der Waals surface area contributed by atoms with Crippen molar-refractivity contribution in [2.45, 2.75) is 116 Å². The molecule has 2 aliphatic rings. The predicted octanol–water partition coefficient (Wildman–Crippen LogP) is 9.59. The van der Waals surface area contributed by atoms with Crippen molar-refractivity contribution in [1.82, 2.24) is 14.9 Å². The fraction of sp³-hybridized carbons (Fsp3) is 0.667. The molecule has 2 aliphatic heterocycles. The summed E-state index contributed by atoms with van der Waals surface area (Å²) < 4.78 is 56.3. The molecule has 0 saturated carbocycles. The van der Waals surface area contributed by atoms with Gasteiger partial charge < -0.3 is 23.7 Å². The number of fused-ring (bicyclic) bond motifs is 5. The van der Waals surface area contributed by atoms with Crippen molar-refractivity contribution in [1.29, 1.82) is 0 Å². The largest absolute Gasteiger partial charge is 0.573 e. The molecule has 2 atom stereocenters. The van der Waals surface area contributed by atoms with Gasteiger partial charge in [-0.25, -0.2) is 9.78 Å². The lowest BCUT2D eigenvalue weighted by atomic mass is 9.90. The van der Waals surface area contributed by atoms with Crippen LogP contribution in [0, 0.1) is 5.92 Å². The third-order valence-electron chi connectivity index (χ3n) is 8.51. The Labute approximate surface area is 267 Å². The third kappa shape index (κ3) is 9.50. The van der Waals surface area contributed by atoms with Gasteiger partial charge in [0.2, 0.25) is 0 Å². The van der Waals surface area contributed by atoms with Crippen LogP contribution in [0.2, 0.25) is 0 Å². The number of alkyl halides is 3. The minimum atomic E-state index is -4.85. The molecule has 0 spiro atoms. The second-order valence-electron chi connectivity index (χ2n) is 13.3. The van der Waals surface area contributed by atoms with Gasteiger partial charge in [-0.3, -0.25) is 0 Å². The Hall–Kier alpha value is -3.02. The molecule has 2 saturated heterocycles. The highest BCUT2D eigenvalue weighted by atomic mass is 32.1. The van der Waals surface area contributed by atoms with Crippen molar-refractivity contribution >= 4 is 34.5 Å². The van der Waals surface area contributed by atoms with E-state index in [-0.39, 0.29) is 23.4 Å². The maximum atomic E-state index is 13.6. The second kappa shape index (κ2) is 14.6. The molecule has 3 aromatic rings. The normalized spacial score (nSPS) is 21.6. The van der Waals surface area contributed by atoms with E-state index in [0.29, 0.717) is 47.7 Å². The third-order valence-corrected chi connectivity index (χ3v) is 9.32. The number of aromatic nitrogens is 2. The summed E-state index contributed by atoms with van der Waals surface area (Å²) in [4.78, 5) is 26.6. The van der Waals surface area contributed by atoms with Crippen LogP contribution >= 0.6 is 11.3 Å². The first kappa shape index (κ1) is 33.3. The number of hydrogen-bond donors (Lipinski definition) is 0. The van der Waals surface area contributed by atoms with Gasteiger partial charge in [0.25, 0.3) is 6.01 Å². The number of anilines is 1. The topological polar surface area (TPSA) is 80.9 Å². The van der Waals surface area contributed by atoms with Crippen LogP contribution in [0.5, 0.6) is 5.75 Å². The number of hydrogen-bond acceptors (Lipinski definition) is 8. The van der Waals surface area contributed by atoms with E-state index in [4.69, 9.17) is 14.1 Å². The van der Waals surface area contributed by atoms with E-state index in [1.165, 1.54) is 49.2 Å². The Morgan fingerprint density at radius 2 is 1.67 bits per heavy atom. The molecule has 12 heteroatoms. The average Bonchev–Trinajstić information content (AvgIpc) is 3.61. The smallest absolute Gasteiger partial charge is 0.444 e. The quantitative estimate of drug-likeness (QED) is 0.279. The number of thiazole rings is 1. The summed E-state index contributed by atoms with van der Waals surface area (Å²) in [6.45, 7) is 7.42. The van der Waals surface area contributed by atoms with Crippen molar-refractivity contribution in [3.63, 3.8) is 0 Å². The van der Waals surface area contributed by atoms with Crippen LogP contribution in [0.4, 0.5) is 24.0 Å². The summed E-state index contributed by atoms with van der Waals surface area (Å²) in [7, 11) is 0. The van der Waals surface area contributed by atoms with Crippen LogP contribution in [0.1, 0.15) is 97.8 Å². The van der Waals surface area contributed by atoms with Crippen LogP contribution in [0.15, 0.2) is 28.1 Å². The van der Waals surface area contributed by atoms with Gasteiger partial charge >= 0.3 is 12.5 Å². The van der Waals surface area contributed by atoms with E-state index in [1.54, 1.807) is 11.6 Å². The number of rotatable bonds is 3. The molecule has 1 amide bonds. The zero-order valence-electron chi connectivity index (χ0n) is 26.5. The van der Waals surface area contributed by atoms with Gasteiger partial charge in [0.1, 0.15) is 21.9 Å². The van der Waals surface area contributed by atoms with Crippen LogP contribution in [-0.2, 0) is 4.74 Å². The molecule has 1 aromatic carbocycles. The number of benzene rings is 1. The highest BCUT2D eigenvalue weighted by molar-refractivity contribution is 7.13. The molecule has 2 unspecified atom stereocenters. The molecule has 45 heavy (non-hydrogen) atoms. The lowest BCUT2D eigenvalue weighted by Gasteiger charge is -2.39. The Morgan fingerprint density at radius 1 is 0.956 bits per heavy atom. The first-order chi connectivity index (χ1) is 21.4. The van der Waals surface area contributed by atoms with E-state index >= 15 is 0 Å². The molecular weight excluding hydrogens is 605 g/mol. The maximum absolute atomic E-state index is 13.6. The van der Waals surface area contributed by atoms with E-state index in [0.717, 1.165) is 51.4 Å². The van der Waals surface area contributed by atoms with Gasteiger partial charge in [-0.1, -0.05) is 51.4 Å². The predicted molar refractivity (Wildman–Crippen MR) is 170 cm³/mol. The van der Waals surface area contributed by atoms with Gasteiger partial charge in [-0.15, -0.1) is 24.5 Å². The molecule has 2 bridgehead atoms. The molecule has 0 aliphatic carbocycles. The molecule has 2 aromatic heterocycles. The maximum Gasteiger partial charge on any atom is 0.573 e. The highest BCUT2D eigenvalue weighted by Crippen LogP contribution is 2.39. The second-order valence-corrected chi connectivity index (χ2v) is 14.2. The fourth-order valence-electron chi connectivity index (χ4n) is 6.47. The van der Waals surface area contributed by atoms with Crippen LogP contribution in [0.25, 0.3) is 21.7 Å². The van der Waals surface area contributed by atoms with Crippen molar-refractivity contribution in [2.24, 2.45) is 5.92 Å². The molecule has 2 fully saturated rings. The number of amides is 1. The summed E-state index contributed by atoms with van der Waals surface area (Å²) >= 11 is 1.30. The molecule has 8 nitrogen and oxygen atoms in total. The zero-order valence-corrected chi connectivity index (χ0v) is 27.4. The minimum absolute atomic E-state index is 0.133. The van der Waals surface area contributed by atoms with E-state index in [2.05, 4.69) is 14.6 Å². The fourth-order valence-corrected chi connectivity index (χ4v) is 7.12. The average molecular weight is 651 g/mol. The van der Waals surface area contributed by atoms with Gasteiger partial charge in [-0.2, -0.15) is 4.98 Å². The number of ether oxygens (including phenoxy) is 2. The lowest BCUT2D eigenvalue weighted by Crippen LogP contribution is -2.50. The number of oxazole rings is 1. The van der Waals surface area contributed by atoms with Crippen molar-refractivity contribution in [3.8, 4) is 16.3 Å². The molecule has 4 heterocycles. The summed E-state index contributed by atoms with van der Waals surface area (Å²) in [5, 5.41) is 2.27. The number of nitrogens with zero attached hydrogens (tertiary/aromatic N) is 4. The Bertz CT molecular complexity index is 1390. The Kier molecular flexibility index (Phi) is 10.8. The number of halogens is 3. The standard InChI is InChI=1S/C33H45F3N4O4S/c1-32(2,3)44-31(41)40-17-11-9-7-5-4-6-8-10-13-23-14-12-15-24(40)22-39(21-23)30-38-27-20-25(43-33(34,35)36)19-26(28(27)42-30)29-37-16-18-45-29/h16,18-20,23-24H,4-15,17,21-22H2,1-3H3. The van der Waals surface area contributed by atoms with Gasteiger partial charge in [0, 0.05) is 37.3 Å². The lowest BCUT2D eigenvalue weighted by molar-refractivity contribution is -0.274. The monoisotopic (exact) mass is 650 g/mol. The summed E-state index contributed by atoms with van der Waals surface area (Å²) in [5.41, 5.74) is 0.390. The van der Waals surface area contributed by atoms with Crippen LogP contribution < -0.4 is 9.64 Å². The summed E-state index contributed by atoms with van der Waals surface area (Å²) in [6.07, 6.45) is 9.54. The van der Waals surface area contributed by atoms with E-state index < -0.39 is 12.0 Å². The first-order valence-corrected chi connectivity index (χ1v) is 17.2. The zero-order chi connectivity index (χ0) is 32.0. The molecular formula is C33H45F3N4O4S. The first-order valence-electron chi connectivity index (χ1n) is 16.3. The molecule has 0 N–H and O–H groups in total. The van der Waals surface area contributed by atoms with Crippen LogP contribution in [0.3, 0.4) is 0 Å². The van der Waals surface area contributed by atoms with Crippen molar-refractivity contribution < 1.29 is 31.9 Å². The van der Waals surface area contributed by atoms with Crippen molar-refractivity contribution in [3.05, 3.63) is 23.7 Å². The highest BCUT2D eigenvalue weighted by Gasteiger charge is 2.35. The SMILES string of the molecule is CC(C)(C)OC(=O)N1CCCCCCCCCCC2CCCC1CN(c1nc3cc(OC(F)(F)F)cc(-c4nccs4)c3o1)C2. The van der Waals surface area contributed by atoms with E-state index in [9.17, 15) is 18.0 Å². The van der Waals surface area contributed by atoms with Gasteiger partial charge in [0.05, 0.1) is 11.6 Å². The Balaban J connectivity index is 1.52. The minimum Gasteiger partial charge on any atom is -0.444 e. The van der Waals surface area contributed by atoms with Gasteiger partial charge in [0.15, 0.2) is 5.58 Å². The van der Waals surface area contributed by atoms with Gasteiger partial charge in [-0.05, 0) is 58.4 Å². The molecule has 0 radical (unpaired) electrons. The van der Waals surface area contributed by atoms with Crippen LogP contribution in [-0.4, -0.2) is 58.6 Å². The summed E-state index contributed by atoms with van der Waals surface area (Å²) in [5.74, 6) is 0.0346. The summed E-state index contributed by atoms with van der Waals surface area (Å²) in [6, 6.07) is 2.76. The van der Waals surface area contributed by atoms with E-state index in [1.807, 2.05) is 25.7 Å². The Morgan fingerprint density at radius 3 is 2.36 bits per heavy atom. The number of carbonyl (C=O) groups excluding carboxylic acids is 1. The molecule has 248 valence electrons. The number of carbonyl (C=O) groups is 1. The molecule has 5 rings (SSSR count).